The van der Waals surface area contributed by atoms with Gasteiger partial charge in [0.15, 0.2) is 0 Å². The number of amides is 1. The second kappa shape index (κ2) is 7.36. The van der Waals surface area contributed by atoms with Crippen LogP contribution in [0.15, 0.2) is 24.3 Å². The number of aliphatic carboxylic acids is 1. The largest absolute Gasteiger partial charge is 0.478 e. The number of benzene rings is 1. The normalized spacial score (nSPS) is 10.6. The molecule has 102 valence electrons. The fraction of sp³-hybridized carbons (Fsp3) is 0.333. The summed E-state index contributed by atoms with van der Waals surface area (Å²) in [6.07, 6.45) is 4.73. The van der Waals surface area contributed by atoms with Gasteiger partial charge in [0.25, 0.3) is 0 Å². The molecule has 0 radical (unpaired) electrons. The van der Waals surface area contributed by atoms with Crippen molar-refractivity contribution in [1.29, 1.82) is 0 Å². The quantitative estimate of drug-likeness (QED) is 0.773. The number of carboxylic acid groups (broad SMARTS) is 1. The molecule has 0 aliphatic heterocycles. The van der Waals surface area contributed by atoms with E-state index in [1.54, 1.807) is 12.1 Å². The van der Waals surface area contributed by atoms with E-state index in [2.05, 4.69) is 5.32 Å². The first-order chi connectivity index (χ1) is 9.06. The second-order valence-corrected chi connectivity index (χ2v) is 4.24. The van der Waals surface area contributed by atoms with Crippen LogP contribution in [0.1, 0.15) is 37.8 Å². The van der Waals surface area contributed by atoms with E-state index < -0.39 is 5.97 Å². The fourth-order valence-corrected chi connectivity index (χ4v) is 1.74. The van der Waals surface area contributed by atoms with Crippen LogP contribution in [0.3, 0.4) is 0 Å². The number of aryl methyl sites for hydroxylation is 1. The molecule has 0 spiro atoms. The highest BCUT2D eigenvalue weighted by molar-refractivity contribution is 5.92. The van der Waals surface area contributed by atoms with Gasteiger partial charge in [0.05, 0.1) is 0 Å². The maximum Gasteiger partial charge on any atom is 0.328 e. The number of nitrogens with one attached hydrogen (secondary N) is 1. The number of hydrogen-bond donors (Lipinski definition) is 2. The molecule has 1 amide bonds. The molecule has 0 saturated carbocycles. The van der Waals surface area contributed by atoms with Crippen molar-refractivity contribution >= 4 is 23.6 Å². The maximum atomic E-state index is 11.6. The van der Waals surface area contributed by atoms with Gasteiger partial charge >= 0.3 is 5.97 Å². The molecule has 4 nitrogen and oxygen atoms in total. The van der Waals surface area contributed by atoms with Gasteiger partial charge in [-0.25, -0.2) is 4.79 Å². The van der Waals surface area contributed by atoms with Crippen LogP contribution in [0, 0.1) is 0 Å². The molecule has 1 aromatic rings. The van der Waals surface area contributed by atoms with Crippen LogP contribution in [0.5, 0.6) is 0 Å². The predicted octanol–water partition coefficient (Wildman–Crippen LogP) is 3.09. The maximum absolute atomic E-state index is 11.6. The Morgan fingerprint density at radius 1 is 1.32 bits per heavy atom. The van der Waals surface area contributed by atoms with Crippen molar-refractivity contribution in [1.82, 2.24) is 0 Å². The van der Waals surface area contributed by atoms with Crippen molar-refractivity contribution in [2.75, 3.05) is 5.32 Å². The Morgan fingerprint density at radius 3 is 2.63 bits per heavy atom. The van der Waals surface area contributed by atoms with Crippen LogP contribution in [-0.2, 0) is 16.0 Å². The molecule has 1 rings (SSSR count). The number of anilines is 1. The minimum atomic E-state index is -0.974. The smallest absolute Gasteiger partial charge is 0.328 e. The number of carbonyl (C=O) groups excluding carboxylic acids is 1. The van der Waals surface area contributed by atoms with Crippen molar-refractivity contribution < 1.29 is 14.7 Å². The summed E-state index contributed by atoms with van der Waals surface area (Å²) in [5.41, 5.74) is 2.61. The molecular weight excluding hydrogens is 242 g/mol. The first kappa shape index (κ1) is 15.0. The lowest BCUT2D eigenvalue weighted by molar-refractivity contribution is -0.131. The lowest BCUT2D eigenvalue weighted by Crippen LogP contribution is -2.12. The van der Waals surface area contributed by atoms with Gasteiger partial charge in [-0.2, -0.15) is 0 Å². The van der Waals surface area contributed by atoms with E-state index in [-0.39, 0.29) is 5.91 Å². The molecule has 0 fully saturated rings. The lowest BCUT2D eigenvalue weighted by Gasteiger charge is -2.10. The summed E-state index contributed by atoms with van der Waals surface area (Å²) in [7, 11) is 0. The molecule has 2 N–H and O–H groups in total. The number of carboxylic acids is 1. The Balaban J connectivity index is 2.90. The van der Waals surface area contributed by atoms with Crippen LogP contribution >= 0.6 is 0 Å². The molecular formula is C15H19NO3. The van der Waals surface area contributed by atoms with Crippen molar-refractivity contribution in [3.05, 3.63) is 35.4 Å². The van der Waals surface area contributed by atoms with Gasteiger partial charge in [-0.05, 0) is 42.2 Å². The van der Waals surface area contributed by atoms with Gasteiger partial charge in [-0.3, -0.25) is 4.79 Å². The molecule has 0 aromatic heterocycles. The molecule has 1 aromatic carbocycles. The van der Waals surface area contributed by atoms with E-state index in [1.807, 2.05) is 26.0 Å². The zero-order valence-corrected chi connectivity index (χ0v) is 11.3. The number of hydrogen-bond acceptors (Lipinski definition) is 2. The highest BCUT2D eigenvalue weighted by Crippen LogP contribution is 2.19. The molecule has 0 heterocycles. The molecule has 19 heavy (non-hydrogen) atoms. The Kier molecular flexibility index (Phi) is 5.79. The molecule has 0 aliphatic carbocycles. The van der Waals surface area contributed by atoms with E-state index in [1.165, 1.54) is 0 Å². The van der Waals surface area contributed by atoms with Gasteiger partial charge in [0, 0.05) is 18.2 Å². The summed E-state index contributed by atoms with van der Waals surface area (Å²) in [5, 5.41) is 11.5. The monoisotopic (exact) mass is 261 g/mol. The Labute approximate surface area is 113 Å². The standard InChI is InChI=1S/C15H19NO3/c1-3-5-14(17)16-13-8-6-11(7-9-15(18)19)10-12(13)4-2/h6-10H,3-5H2,1-2H3,(H,16,17)(H,18,19)/b9-7+. The first-order valence-electron chi connectivity index (χ1n) is 6.40. The predicted molar refractivity (Wildman–Crippen MR) is 76.0 cm³/mol. The minimum absolute atomic E-state index is 0.00558. The van der Waals surface area contributed by atoms with Crippen molar-refractivity contribution in [2.45, 2.75) is 33.1 Å². The highest BCUT2D eigenvalue weighted by Gasteiger charge is 2.05. The molecule has 4 heteroatoms. The summed E-state index contributed by atoms with van der Waals surface area (Å²) in [6, 6.07) is 5.50. The Morgan fingerprint density at radius 2 is 2.05 bits per heavy atom. The highest BCUT2D eigenvalue weighted by atomic mass is 16.4. The summed E-state index contributed by atoms with van der Waals surface area (Å²) >= 11 is 0. The van der Waals surface area contributed by atoms with E-state index in [0.717, 1.165) is 35.7 Å². The van der Waals surface area contributed by atoms with Crippen molar-refractivity contribution in [3.8, 4) is 0 Å². The SMILES string of the molecule is CCCC(=O)Nc1ccc(/C=C/C(=O)O)cc1CC. The van der Waals surface area contributed by atoms with Crippen LogP contribution in [-0.4, -0.2) is 17.0 Å². The summed E-state index contributed by atoms with van der Waals surface area (Å²) in [4.78, 5) is 22.0. The van der Waals surface area contributed by atoms with Crippen LogP contribution in [0.25, 0.3) is 6.08 Å². The number of carbonyl (C=O) groups is 2. The van der Waals surface area contributed by atoms with Gasteiger partial charge in [-0.15, -0.1) is 0 Å². The molecule has 0 unspecified atom stereocenters. The van der Waals surface area contributed by atoms with Gasteiger partial charge in [0.2, 0.25) is 5.91 Å². The average Bonchev–Trinajstić information content (AvgIpc) is 2.37. The summed E-state index contributed by atoms with van der Waals surface area (Å²) < 4.78 is 0. The Bertz CT molecular complexity index is 492. The lowest BCUT2D eigenvalue weighted by atomic mass is 10.1. The van der Waals surface area contributed by atoms with Gasteiger partial charge in [-0.1, -0.05) is 19.9 Å². The molecule has 0 bridgehead atoms. The van der Waals surface area contributed by atoms with E-state index in [4.69, 9.17) is 5.11 Å². The zero-order chi connectivity index (χ0) is 14.3. The van der Waals surface area contributed by atoms with E-state index >= 15 is 0 Å². The second-order valence-electron chi connectivity index (χ2n) is 4.24. The molecule has 0 atom stereocenters. The first-order valence-corrected chi connectivity index (χ1v) is 6.40. The van der Waals surface area contributed by atoms with Crippen LogP contribution in [0.2, 0.25) is 0 Å². The summed E-state index contributed by atoms with van der Waals surface area (Å²) in [6.45, 7) is 3.95. The van der Waals surface area contributed by atoms with E-state index in [9.17, 15) is 9.59 Å². The fourth-order valence-electron chi connectivity index (χ4n) is 1.74. The third-order valence-corrected chi connectivity index (χ3v) is 2.68. The number of rotatable bonds is 6. The molecule has 0 saturated heterocycles. The van der Waals surface area contributed by atoms with Gasteiger partial charge in [0.1, 0.15) is 0 Å². The average molecular weight is 261 g/mol. The third-order valence-electron chi connectivity index (χ3n) is 2.68. The van der Waals surface area contributed by atoms with Crippen molar-refractivity contribution in [3.63, 3.8) is 0 Å². The minimum Gasteiger partial charge on any atom is -0.478 e. The van der Waals surface area contributed by atoms with Crippen molar-refractivity contribution in [2.24, 2.45) is 0 Å². The van der Waals surface area contributed by atoms with Gasteiger partial charge < -0.3 is 10.4 Å². The van der Waals surface area contributed by atoms with E-state index in [0.29, 0.717) is 6.42 Å². The topological polar surface area (TPSA) is 66.4 Å². The van der Waals surface area contributed by atoms with Crippen LogP contribution < -0.4 is 5.32 Å². The van der Waals surface area contributed by atoms with Crippen LogP contribution in [0.4, 0.5) is 5.69 Å². The third kappa shape index (κ3) is 4.95. The Hall–Kier alpha value is -2.10. The molecule has 0 aliphatic rings. The zero-order valence-electron chi connectivity index (χ0n) is 11.3. The summed E-state index contributed by atoms with van der Waals surface area (Å²) in [5.74, 6) is -0.968.